The molecule has 0 N–H and O–H groups in total. The quantitative estimate of drug-likeness (QED) is 0.749. The molecule has 0 unspecified atom stereocenters. The van der Waals surface area contributed by atoms with Crippen LogP contribution >= 0.6 is 11.6 Å². The van der Waals surface area contributed by atoms with Gasteiger partial charge in [0, 0.05) is 0 Å². The maximum atomic E-state index is 13.0. The molecule has 0 fully saturated rings. The molecule has 92 valence electrons. The highest BCUT2D eigenvalue weighted by Crippen LogP contribution is 2.42. The summed E-state index contributed by atoms with van der Waals surface area (Å²) in [7, 11) is 0. The third-order valence-corrected chi connectivity index (χ3v) is 2.07. The lowest BCUT2D eigenvalue weighted by Gasteiger charge is -2.16. The van der Waals surface area contributed by atoms with Crippen LogP contribution in [0.3, 0.4) is 0 Å². The van der Waals surface area contributed by atoms with Gasteiger partial charge in [-0.1, -0.05) is 11.6 Å². The Morgan fingerprint density at radius 1 is 1.06 bits per heavy atom. The molecule has 0 saturated heterocycles. The van der Waals surface area contributed by atoms with Crippen molar-refractivity contribution in [3.8, 4) is 0 Å². The average molecular weight is 273 g/mol. The van der Waals surface area contributed by atoms with E-state index in [0.29, 0.717) is 0 Å². The zero-order chi connectivity index (χ0) is 12.8. The lowest BCUT2D eigenvalue weighted by molar-refractivity contribution is -0.293. The Hall–Kier alpha value is -1.51. The van der Waals surface area contributed by atoms with Gasteiger partial charge in [0.1, 0.15) is 5.15 Å². The summed E-state index contributed by atoms with van der Waals surface area (Å²) in [5.41, 5.74) is -0.256. The van der Waals surface area contributed by atoms with Crippen molar-refractivity contribution in [1.29, 1.82) is 0 Å². The highest BCUT2D eigenvalue weighted by molar-refractivity contribution is 6.29. The molecule has 2 heterocycles. The van der Waals surface area contributed by atoms with Crippen molar-refractivity contribution in [1.82, 2.24) is 19.8 Å². The van der Waals surface area contributed by atoms with E-state index < -0.39 is 17.9 Å². The monoisotopic (exact) mass is 272 g/mol. The standard InChI is InChI=1S/C7H2ClF5N4/c8-3-1-2-4-14-15-5(17(4)16-3)6(9,10)7(11,12)13/h1-2H. The van der Waals surface area contributed by atoms with Crippen LogP contribution in [-0.2, 0) is 5.92 Å². The molecule has 0 radical (unpaired) electrons. The Bertz CT molecular complexity index is 563. The summed E-state index contributed by atoms with van der Waals surface area (Å²) >= 11 is 5.40. The van der Waals surface area contributed by atoms with Crippen LogP contribution in [0.5, 0.6) is 0 Å². The summed E-state index contributed by atoms with van der Waals surface area (Å²) in [5.74, 6) is -6.77. The number of halogens is 6. The van der Waals surface area contributed by atoms with Crippen LogP contribution in [0.2, 0.25) is 5.15 Å². The van der Waals surface area contributed by atoms with E-state index in [9.17, 15) is 22.0 Å². The summed E-state index contributed by atoms with van der Waals surface area (Å²) in [6.07, 6.45) is -5.78. The van der Waals surface area contributed by atoms with E-state index in [4.69, 9.17) is 11.6 Å². The number of hydrogen-bond donors (Lipinski definition) is 0. The van der Waals surface area contributed by atoms with Gasteiger partial charge >= 0.3 is 12.1 Å². The second kappa shape index (κ2) is 3.49. The van der Waals surface area contributed by atoms with Crippen molar-refractivity contribution in [3.63, 3.8) is 0 Å². The molecule has 0 aliphatic rings. The van der Waals surface area contributed by atoms with Crippen molar-refractivity contribution in [2.75, 3.05) is 0 Å². The first-order chi connectivity index (χ1) is 7.73. The Labute approximate surface area is 95.0 Å². The molecule has 0 aromatic carbocycles. The predicted octanol–water partition coefficient (Wildman–Crippen LogP) is 2.43. The second-order valence-electron chi connectivity index (χ2n) is 3.02. The summed E-state index contributed by atoms with van der Waals surface area (Å²) in [6, 6.07) is 2.32. The molecular formula is C7H2ClF5N4. The average Bonchev–Trinajstić information content (AvgIpc) is 2.58. The van der Waals surface area contributed by atoms with Gasteiger partial charge in [-0.15, -0.1) is 10.2 Å². The van der Waals surface area contributed by atoms with Crippen molar-refractivity contribution >= 4 is 17.2 Å². The minimum Gasteiger partial charge on any atom is -0.190 e. The zero-order valence-electron chi connectivity index (χ0n) is 7.71. The number of rotatable bonds is 1. The van der Waals surface area contributed by atoms with Crippen LogP contribution in [0.25, 0.3) is 5.65 Å². The largest absolute Gasteiger partial charge is 0.461 e. The summed E-state index contributed by atoms with van der Waals surface area (Å²) in [5, 5.41) is 8.99. The first-order valence-electron chi connectivity index (χ1n) is 4.06. The smallest absolute Gasteiger partial charge is 0.190 e. The molecule has 0 aliphatic carbocycles. The molecule has 10 heteroatoms. The highest BCUT2D eigenvalue weighted by atomic mass is 35.5. The fourth-order valence-corrected chi connectivity index (χ4v) is 1.23. The first-order valence-corrected chi connectivity index (χ1v) is 4.44. The van der Waals surface area contributed by atoms with Crippen molar-refractivity contribution < 1.29 is 22.0 Å². The molecule has 2 rings (SSSR count). The van der Waals surface area contributed by atoms with E-state index in [-0.39, 0.29) is 15.3 Å². The fourth-order valence-electron chi connectivity index (χ4n) is 1.09. The van der Waals surface area contributed by atoms with Gasteiger partial charge in [0.05, 0.1) is 0 Å². The number of alkyl halides is 5. The van der Waals surface area contributed by atoms with Crippen molar-refractivity contribution in [2.45, 2.75) is 12.1 Å². The molecule has 0 amide bonds. The Kier molecular flexibility index (Phi) is 2.45. The minimum absolute atomic E-state index is 0.253. The van der Waals surface area contributed by atoms with Gasteiger partial charge in [0.15, 0.2) is 5.65 Å². The molecular weight excluding hydrogens is 271 g/mol. The number of fused-ring (bicyclic) bond motifs is 1. The zero-order valence-corrected chi connectivity index (χ0v) is 8.47. The number of aromatic nitrogens is 4. The molecule has 17 heavy (non-hydrogen) atoms. The van der Waals surface area contributed by atoms with Gasteiger partial charge in [0.2, 0.25) is 5.82 Å². The topological polar surface area (TPSA) is 43.1 Å². The Morgan fingerprint density at radius 2 is 1.71 bits per heavy atom. The fraction of sp³-hybridized carbons (Fsp3) is 0.286. The molecule has 0 aliphatic heterocycles. The van der Waals surface area contributed by atoms with Gasteiger partial charge in [-0.25, -0.2) is 0 Å². The van der Waals surface area contributed by atoms with E-state index in [1.807, 2.05) is 0 Å². The van der Waals surface area contributed by atoms with Gasteiger partial charge in [0.25, 0.3) is 0 Å². The number of hydrogen-bond acceptors (Lipinski definition) is 3. The van der Waals surface area contributed by atoms with Gasteiger partial charge < -0.3 is 0 Å². The van der Waals surface area contributed by atoms with Gasteiger partial charge in [-0.3, -0.25) is 0 Å². The van der Waals surface area contributed by atoms with Crippen molar-refractivity contribution in [2.24, 2.45) is 0 Å². The second-order valence-corrected chi connectivity index (χ2v) is 3.41. The molecule has 4 nitrogen and oxygen atoms in total. The van der Waals surface area contributed by atoms with E-state index >= 15 is 0 Å². The SMILES string of the molecule is FC(F)(F)C(F)(F)c1nnc2ccc(Cl)nn12. The normalized spacial score (nSPS) is 13.3. The van der Waals surface area contributed by atoms with Crippen LogP contribution < -0.4 is 0 Å². The third-order valence-electron chi connectivity index (χ3n) is 1.87. The molecule has 0 saturated carbocycles. The van der Waals surface area contributed by atoms with Crippen LogP contribution in [0, 0.1) is 0 Å². The Morgan fingerprint density at radius 3 is 2.29 bits per heavy atom. The molecule has 0 bridgehead atoms. The van der Waals surface area contributed by atoms with E-state index in [2.05, 4.69) is 15.3 Å². The van der Waals surface area contributed by atoms with E-state index in [0.717, 1.165) is 6.07 Å². The maximum absolute atomic E-state index is 13.0. The van der Waals surface area contributed by atoms with Crippen molar-refractivity contribution in [3.05, 3.63) is 23.1 Å². The Balaban J connectivity index is 2.68. The van der Waals surface area contributed by atoms with Crippen LogP contribution in [0.4, 0.5) is 22.0 Å². The van der Waals surface area contributed by atoms with Gasteiger partial charge in [-0.2, -0.15) is 31.6 Å². The third kappa shape index (κ3) is 1.79. The molecule has 0 spiro atoms. The van der Waals surface area contributed by atoms with Gasteiger partial charge in [-0.05, 0) is 12.1 Å². The summed E-state index contributed by atoms with van der Waals surface area (Å²) < 4.78 is 62.7. The highest BCUT2D eigenvalue weighted by Gasteiger charge is 2.62. The first kappa shape index (κ1) is 12.0. The lowest BCUT2D eigenvalue weighted by atomic mass is 10.3. The number of nitrogens with zero attached hydrogens (tertiary/aromatic N) is 4. The van der Waals surface area contributed by atoms with Crippen LogP contribution in [0.15, 0.2) is 12.1 Å². The molecule has 2 aromatic heterocycles. The minimum atomic E-state index is -5.78. The summed E-state index contributed by atoms with van der Waals surface area (Å²) in [6.45, 7) is 0. The predicted molar refractivity (Wildman–Crippen MR) is 45.7 cm³/mol. The van der Waals surface area contributed by atoms with E-state index in [1.54, 1.807) is 0 Å². The molecule has 0 atom stereocenters. The molecule has 2 aromatic rings. The summed E-state index contributed by atoms with van der Waals surface area (Å²) in [4.78, 5) is 0. The van der Waals surface area contributed by atoms with Crippen LogP contribution in [-0.4, -0.2) is 26.0 Å². The lowest BCUT2D eigenvalue weighted by Crippen LogP contribution is -2.36. The van der Waals surface area contributed by atoms with Crippen LogP contribution in [0.1, 0.15) is 5.82 Å². The maximum Gasteiger partial charge on any atom is 0.461 e. The van der Waals surface area contributed by atoms with E-state index in [1.165, 1.54) is 6.07 Å².